The van der Waals surface area contributed by atoms with Gasteiger partial charge in [-0.3, -0.25) is 4.68 Å². The molecule has 0 aliphatic rings. The quantitative estimate of drug-likeness (QED) is 0.818. The first kappa shape index (κ1) is 16.1. The third kappa shape index (κ3) is 4.89. The number of nitrogens with zero attached hydrogens (tertiary/aromatic N) is 2. The summed E-state index contributed by atoms with van der Waals surface area (Å²) in [5.74, 6) is 0.467. The van der Waals surface area contributed by atoms with E-state index < -0.39 is 6.10 Å². The van der Waals surface area contributed by atoms with Gasteiger partial charge in [0, 0.05) is 37.4 Å². The van der Waals surface area contributed by atoms with Crippen LogP contribution in [0.3, 0.4) is 0 Å². The molecular formula is C14H17Cl2N3O2. The molecule has 0 aliphatic heterocycles. The summed E-state index contributed by atoms with van der Waals surface area (Å²) >= 11 is 11.8. The molecule has 21 heavy (non-hydrogen) atoms. The van der Waals surface area contributed by atoms with Crippen molar-refractivity contribution in [1.82, 2.24) is 15.1 Å². The number of ether oxygens (including phenoxy) is 1. The van der Waals surface area contributed by atoms with Gasteiger partial charge in [-0.25, -0.2) is 0 Å². The fourth-order valence-corrected chi connectivity index (χ4v) is 2.11. The first-order chi connectivity index (χ1) is 10.1. The molecule has 0 fully saturated rings. The molecule has 0 bridgehead atoms. The number of rotatable bonds is 7. The summed E-state index contributed by atoms with van der Waals surface area (Å²) in [6.07, 6.45) is 1.09. The summed E-state index contributed by atoms with van der Waals surface area (Å²) < 4.78 is 7.25. The maximum absolute atomic E-state index is 9.88. The van der Waals surface area contributed by atoms with Crippen LogP contribution in [0.5, 0.6) is 5.75 Å². The van der Waals surface area contributed by atoms with Gasteiger partial charge in [-0.15, -0.1) is 0 Å². The lowest BCUT2D eigenvalue weighted by molar-refractivity contribution is 0.106. The van der Waals surface area contributed by atoms with Crippen LogP contribution in [-0.4, -0.2) is 34.1 Å². The highest BCUT2D eigenvalue weighted by molar-refractivity contribution is 6.34. The minimum atomic E-state index is -0.645. The third-order valence-corrected chi connectivity index (χ3v) is 3.48. The van der Waals surface area contributed by atoms with Crippen LogP contribution in [0.15, 0.2) is 30.5 Å². The summed E-state index contributed by atoms with van der Waals surface area (Å²) in [5.41, 5.74) is 1.04. The Hall–Kier alpha value is -1.27. The molecule has 1 unspecified atom stereocenters. The predicted octanol–water partition coefficient (Wildman–Crippen LogP) is 2.26. The van der Waals surface area contributed by atoms with E-state index in [2.05, 4.69) is 10.4 Å². The van der Waals surface area contributed by atoms with Crippen LogP contribution in [-0.2, 0) is 13.6 Å². The molecule has 2 rings (SSSR count). The topological polar surface area (TPSA) is 59.3 Å². The van der Waals surface area contributed by atoms with Crippen LogP contribution in [0.25, 0.3) is 0 Å². The zero-order valence-electron chi connectivity index (χ0n) is 11.6. The van der Waals surface area contributed by atoms with E-state index in [-0.39, 0.29) is 6.61 Å². The van der Waals surface area contributed by atoms with Crippen molar-refractivity contribution in [3.63, 3.8) is 0 Å². The highest BCUT2D eigenvalue weighted by Crippen LogP contribution is 2.27. The molecule has 7 heteroatoms. The number of hydrogen-bond acceptors (Lipinski definition) is 4. The SMILES string of the molecule is Cn1nccc1CNCC(O)COc1cc(Cl)ccc1Cl. The Morgan fingerprint density at radius 1 is 1.38 bits per heavy atom. The van der Waals surface area contributed by atoms with E-state index in [0.29, 0.717) is 28.9 Å². The molecule has 1 atom stereocenters. The average molecular weight is 330 g/mol. The number of hydrogen-bond donors (Lipinski definition) is 2. The average Bonchev–Trinajstić information content (AvgIpc) is 2.85. The number of aliphatic hydroxyl groups is 1. The molecule has 0 aliphatic carbocycles. The van der Waals surface area contributed by atoms with Crippen molar-refractivity contribution in [2.24, 2.45) is 7.05 Å². The van der Waals surface area contributed by atoms with Crippen LogP contribution < -0.4 is 10.1 Å². The van der Waals surface area contributed by atoms with Gasteiger partial charge < -0.3 is 15.2 Å². The highest BCUT2D eigenvalue weighted by Gasteiger charge is 2.08. The lowest BCUT2D eigenvalue weighted by Crippen LogP contribution is -2.31. The van der Waals surface area contributed by atoms with Crippen LogP contribution >= 0.6 is 23.2 Å². The van der Waals surface area contributed by atoms with Crippen LogP contribution in [0.1, 0.15) is 5.69 Å². The monoisotopic (exact) mass is 329 g/mol. The predicted molar refractivity (Wildman–Crippen MR) is 82.9 cm³/mol. The number of aliphatic hydroxyl groups excluding tert-OH is 1. The Kier molecular flexibility index (Phi) is 5.87. The van der Waals surface area contributed by atoms with Gasteiger partial charge in [0.2, 0.25) is 0 Å². The van der Waals surface area contributed by atoms with Crippen LogP contribution in [0, 0.1) is 0 Å². The first-order valence-corrected chi connectivity index (χ1v) is 7.25. The van der Waals surface area contributed by atoms with Crippen molar-refractivity contribution < 1.29 is 9.84 Å². The van der Waals surface area contributed by atoms with Gasteiger partial charge in [0.15, 0.2) is 0 Å². The highest BCUT2D eigenvalue weighted by atomic mass is 35.5. The lowest BCUT2D eigenvalue weighted by Gasteiger charge is -2.14. The minimum absolute atomic E-state index is 0.137. The van der Waals surface area contributed by atoms with Gasteiger partial charge in [0.05, 0.1) is 10.7 Å². The normalized spacial score (nSPS) is 12.4. The minimum Gasteiger partial charge on any atom is -0.489 e. The molecule has 1 heterocycles. The maximum Gasteiger partial charge on any atom is 0.139 e. The lowest BCUT2D eigenvalue weighted by atomic mass is 10.3. The number of benzene rings is 1. The molecule has 0 saturated carbocycles. The Morgan fingerprint density at radius 3 is 2.90 bits per heavy atom. The molecular weight excluding hydrogens is 313 g/mol. The molecule has 2 N–H and O–H groups in total. The summed E-state index contributed by atoms with van der Waals surface area (Å²) in [4.78, 5) is 0. The first-order valence-electron chi connectivity index (χ1n) is 6.50. The largest absolute Gasteiger partial charge is 0.489 e. The fraction of sp³-hybridized carbons (Fsp3) is 0.357. The number of nitrogens with one attached hydrogen (secondary N) is 1. The maximum atomic E-state index is 9.88. The van der Waals surface area contributed by atoms with Gasteiger partial charge in [0.1, 0.15) is 18.5 Å². The third-order valence-electron chi connectivity index (χ3n) is 2.93. The van der Waals surface area contributed by atoms with Crippen LogP contribution in [0.2, 0.25) is 10.0 Å². The molecule has 0 spiro atoms. The molecule has 1 aromatic carbocycles. The zero-order valence-corrected chi connectivity index (χ0v) is 13.1. The van der Waals surface area contributed by atoms with Crippen molar-refractivity contribution in [1.29, 1.82) is 0 Å². The Balaban J connectivity index is 1.73. The zero-order chi connectivity index (χ0) is 15.2. The fourth-order valence-electron chi connectivity index (χ4n) is 1.77. The molecule has 0 radical (unpaired) electrons. The summed E-state index contributed by atoms with van der Waals surface area (Å²) in [6, 6.07) is 6.89. The molecule has 5 nitrogen and oxygen atoms in total. The number of halogens is 2. The van der Waals surface area contributed by atoms with Gasteiger partial charge in [-0.2, -0.15) is 5.10 Å². The second kappa shape index (κ2) is 7.66. The van der Waals surface area contributed by atoms with Gasteiger partial charge >= 0.3 is 0 Å². The summed E-state index contributed by atoms with van der Waals surface area (Å²) in [6.45, 7) is 1.17. The van der Waals surface area contributed by atoms with E-state index in [4.69, 9.17) is 27.9 Å². The molecule has 0 saturated heterocycles. The second-order valence-corrected chi connectivity index (χ2v) is 5.46. The Bertz CT molecular complexity index is 589. The van der Waals surface area contributed by atoms with E-state index in [1.54, 1.807) is 29.1 Å². The number of aryl methyl sites for hydroxylation is 1. The Morgan fingerprint density at radius 2 is 2.19 bits per heavy atom. The van der Waals surface area contributed by atoms with Gasteiger partial charge in [-0.05, 0) is 18.2 Å². The van der Waals surface area contributed by atoms with Crippen molar-refractivity contribution >= 4 is 23.2 Å². The van der Waals surface area contributed by atoms with E-state index in [1.165, 1.54) is 0 Å². The van der Waals surface area contributed by atoms with Crippen LogP contribution in [0.4, 0.5) is 0 Å². The molecule has 1 aromatic heterocycles. The van der Waals surface area contributed by atoms with Crippen molar-refractivity contribution in [3.8, 4) is 5.75 Å². The van der Waals surface area contributed by atoms with Crippen molar-refractivity contribution in [3.05, 3.63) is 46.2 Å². The van der Waals surface area contributed by atoms with E-state index >= 15 is 0 Å². The van der Waals surface area contributed by atoms with Gasteiger partial charge in [-0.1, -0.05) is 23.2 Å². The summed E-state index contributed by atoms with van der Waals surface area (Å²) in [5, 5.41) is 18.1. The van der Waals surface area contributed by atoms with Gasteiger partial charge in [0.25, 0.3) is 0 Å². The molecule has 0 amide bonds. The molecule has 2 aromatic rings. The van der Waals surface area contributed by atoms with E-state index in [0.717, 1.165) is 5.69 Å². The van der Waals surface area contributed by atoms with Crippen molar-refractivity contribution in [2.75, 3.05) is 13.2 Å². The number of aromatic nitrogens is 2. The van der Waals surface area contributed by atoms with E-state index in [9.17, 15) is 5.11 Å². The Labute approximate surface area is 133 Å². The molecule has 114 valence electrons. The van der Waals surface area contributed by atoms with E-state index in [1.807, 2.05) is 13.1 Å². The smallest absolute Gasteiger partial charge is 0.139 e. The summed E-state index contributed by atoms with van der Waals surface area (Å²) in [7, 11) is 1.87. The van der Waals surface area contributed by atoms with Crippen molar-refractivity contribution in [2.45, 2.75) is 12.6 Å². The standard InChI is InChI=1S/C14H17Cl2N3O2/c1-19-11(4-5-18-19)7-17-8-12(20)9-21-14-6-10(15)2-3-13(14)16/h2-6,12,17,20H,7-9H2,1H3. The second-order valence-electron chi connectivity index (χ2n) is 4.62.